The molecule has 8 aromatic carbocycles. The van der Waals surface area contributed by atoms with Gasteiger partial charge in [0.05, 0.1) is 22.4 Å². The Kier molecular flexibility index (Phi) is 9.09. The van der Waals surface area contributed by atoms with Gasteiger partial charge in [-0.15, -0.1) is 0 Å². The van der Waals surface area contributed by atoms with E-state index in [1.54, 1.807) is 0 Å². The van der Waals surface area contributed by atoms with Crippen molar-refractivity contribution in [2.45, 2.75) is 6.92 Å². The Morgan fingerprint density at radius 3 is 1.61 bits per heavy atom. The molecule has 0 aliphatic carbocycles. The van der Waals surface area contributed by atoms with E-state index in [-0.39, 0.29) is 0 Å². The van der Waals surface area contributed by atoms with Crippen LogP contribution in [0.2, 0.25) is 0 Å². The summed E-state index contributed by atoms with van der Waals surface area (Å²) in [6.07, 6.45) is 0. The van der Waals surface area contributed by atoms with E-state index >= 15 is 0 Å². The van der Waals surface area contributed by atoms with Gasteiger partial charge in [0.1, 0.15) is 0 Å². The molecule has 0 saturated carbocycles. The fourth-order valence-electron chi connectivity index (χ4n) is 8.53. The van der Waals surface area contributed by atoms with Gasteiger partial charge in [-0.25, -0.2) is 24.9 Å². The minimum Gasteiger partial charge on any atom is -0.308 e. The highest BCUT2D eigenvalue weighted by Crippen LogP contribution is 2.48. The topological polar surface area (TPSA) is 68.3 Å². The number of fused-ring (bicyclic) bond motifs is 8. The van der Waals surface area contributed by atoms with Gasteiger partial charge < -0.3 is 4.57 Å². The summed E-state index contributed by atoms with van der Waals surface area (Å²) in [6, 6.07) is 69.0. The van der Waals surface area contributed by atoms with Gasteiger partial charge >= 0.3 is 0 Å². The number of rotatable bonds is 7. The third kappa shape index (κ3) is 6.51. The van der Waals surface area contributed by atoms with E-state index < -0.39 is 0 Å². The van der Waals surface area contributed by atoms with Crippen LogP contribution in [0.4, 0.5) is 0 Å². The highest BCUT2D eigenvalue weighted by molar-refractivity contribution is 6.18. The fourth-order valence-corrected chi connectivity index (χ4v) is 8.53. The number of para-hydroxylation sites is 1. The average molecular weight is 795 g/mol. The maximum absolute atomic E-state index is 5.21. The number of nitrogens with zero attached hydrogens (tertiary/aromatic N) is 6. The van der Waals surface area contributed by atoms with Gasteiger partial charge in [-0.2, -0.15) is 0 Å². The van der Waals surface area contributed by atoms with Gasteiger partial charge in [-0.05, 0) is 59.5 Å². The van der Waals surface area contributed by atoms with Crippen LogP contribution in [-0.2, 0) is 0 Å². The molecule has 0 bridgehead atoms. The van der Waals surface area contributed by atoms with Gasteiger partial charge in [0.15, 0.2) is 23.3 Å². The summed E-state index contributed by atoms with van der Waals surface area (Å²) in [7, 11) is 0. The zero-order valence-corrected chi connectivity index (χ0v) is 33.9. The summed E-state index contributed by atoms with van der Waals surface area (Å²) >= 11 is 0. The van der Waals surface area contributed by atoms with Crippen LogP contribution in [0.5, 0.6) is 0 Å². The van der Waals surface area contributed by atoms with E-state index in [1.165, 1.54) is 0 Å². The predicted octanol–water partition coefficient (Wildman–Crippen LogP) is 13.5. The summed E-state index contributed by atoms with van der Waals surface area (Å²) in [5.74, 6) is 2.48. The zero-order valence-electron chi connectivity index (χ0n) is 33.9. The first-order valence-corrected chi connectivity index (χ1v) is 20.7. The zero-order chi connectivity index (χ0) is 41.6. The quantitative estimate of drug-likeness (QED) is 0.119. The van der Waals surface area contributed by atoms with Crippen LogP contribution in [0.15, 0.2) is 217 Å². The standard InChI is InChI=1S/C56H38N6/c1-36(38-19-7-3-8-20-38)57-53(39-21-9-4-10-22-39)58-37(2)42-31-32-51-47(33-42)44-27-15-16-28-45(44)48-34-43(35-49-46-29-17-18-30-50(46)62(51)52(48)49)56-60-54(40-23-11-5-12-24-40)59-55(61-56)41-25-13-6-14-26-41/h3-35H,1H2,2H3. The van der Waals surface area contributed by atoms with E-state index in [4.69, 9.17) is 24.9 Å². The Labute approximate surface area is 359 Å². The number of amidine groups is 1. The molecule has 0 unspecified atom stereocenters. The fraction of sp³-hybridized carbons (Fsp3) is 0.0179. The lowest BCUT2D eigenvalue weighted by atomic mass is 9.91. The first-order valence-electron chi connectivity index (χ1n) is 20.7. The van der Waals surface area contributed by atoms with Crippen molar-refractivity contribution in [3.63, 3.8) is 0 Å². The molecule has 0 spiro atoms. The number of benzene rings is 8. The Bertz CT molecular complexity index is 3350. The van der Waals surface area contributed by atoms with Crippen molar-refractivity contribution in [1.82, 2.24) is 19.5 Å². The SMILES string of the molecule is C=C(N=C(N=C(C)c1ccc2c(c1)-c1ccccc1-c1cc(-c3nc(-c4ccccc4)nc(-c4ccccc4)n3)cc3c4ccccc4n-2c13)c1ccccc1)c1ccccc1. The highest BCUT2D eigenvalue weighted by atomic mass is 15.0. The third-order valence-corrected chi connectivity index (χ3v) is 11.5. The predicted molar refractivity (Wildman–Crippen MR) is 256 cm³/mol. The molecule has 2 aromatic heterocycles. The normalized spacial score (nSPS) is 12.2. The molecule has 0 fully saturated rings. The molecule has 0 amide bonds. The molecule has 3 heterocycles. The summed E-state index contributed by atoms with van der Waals surface area (Å²) < 4.78 is 2.42. The van der Waals surface area contributed by atoms with Crippen LogP contribution < -0.4 is 0 Å². The number of hydrogen-bond acceptors (Lipinski definition) is 4. The highest BCUT2D eigenvalue weighted by Gasteiger charge is 2.26. The van der Waals surface area contributed by atoms with Crippen molar-refractivity contribution in [3.05, 3.63) is 223 Å². The van der Waals surface area contributed by atoms with Gasteiger partial charge in [0, 0.05) is 49.9 Å². The summed E-state index contributed by atoms with van der Waals surface area (Å²) in [5.41, 5.74) is 15.0. The van der Waals surface area contributed by atoms with Gasteiger partial charge in [-0.3, -0.25) is 0 Å². The van der Waals surface area contributed by atoms with E-state index in [9.17, 15) is 0 Å². The van der Waals surface area contributed by atoms with Crippen molar-refractivity contribution >= 4 is 39.1 Å². The smallest absolute Gasteiger partial charge is 0.164 e. The van der Waals surface area contributed by atoms with Crippen LogP contribution in [0.3, 0.4) is 0 Å². The van der Waals surface area contributed by atoms with Crippen molar-refractivity contribution in [3.8, 4) is 62.1 Å². The summed E-state index contributed by atoms with van der Waals surface area (Å²) in [6.45, 7) is 6.37. The second-order valence-corrected chi connectivity index (χ2v) is 15.4. The molecular formula is C56H38N6. The third-order valence-electron chi connectivity index (χ3n) is 11.5. The maximum Gasteiger partial charge on any atom is 0.164 e. The van der Waals surface area contributed by atoms with Crippen LogP contribution >= 0.6 is 0 Å². The van der Waals surface area contributed by atoms with Crippen LogP contribution in [-0.4, -0.2) is 31.1 Å². The minimum atomic E-state index is 0.606. The first kappa shape index (κ1) is 36.7. The summed E-state index contributed by atoms with van der Waals surface area (Å²) in [4.78, 5) is 25.5. The molecule has 0 N–H and O–H groups in total. The molecule has 1 aliphatic heterocycles. The van der Waals surface area contributed by atoms with Gasteiger partial charge in [0.2, 0.25) is 0 Å². The van der Waals surface area contributed by atoms with Crippen LogP contribution in [0.25, 0.3) is 89.6 Å². The van der Waals surface area contributed by atoms with E-state index in [0.717, 1.165) is 88.8 Å². The minimum absolute atomic E-state index is 0.606. The number of aliphatic imine (C=N–C) groups is 2. The largest absolute Gasteiger partial charge is 0.308 e. The molecule has 0 atom stereocenters. The molecule has 11 rings (SSSR count). The molecule has 0 radical (unpaired) electrons. The average Bonchev–Trinajstić information content (AvgIpc) is 3.62. The lowest BCUT2D eigenvalue weighted by molar-refractivity contribution is 1.07. The van der Waals surface area contributed by atoms with Crippen molar-refractivity contribution in [1.29, 1.82) is 0 Å². The molecule has 6 heteroatoms. The van der Waals surface area contributed by atoms with Crippen LogP contribution in [0, 0.1) is 0 Å². The van der Waals surface area contributed by atoms with E-state index in [2.05, 4.69) is 96.9 Å². The molecule has 10 aromatic rings. The Hall–Kier alpha value is -8.35. The molecule has 292 valence electrons. The Balaban J connectivity index is 1.11. The molecular weight excluding hydrogens is 757 g/mol. The van der Waals surface area contributed by atoms with Gasteiger partial charge in [0.25, 0.3) is 0 Å². The van der Waals surface area contributed by atoms with Crippen molar-refractivity contribution in [2.75, 3.05) is 0 Å². The lowest BCUT2D eigenvalue weighted by Gasteiger charge is -2.15. The number of hydrogen-bond donors (Lipinski definition) is 0. The molecule has 0 saturated heterocycles. The Morgan fingerprint density at radius 1 is 0.435 bits per heavy atom. The molecule has 62 heavy (non-hydrogen) atoms. The van der Waals surface area contributed by atoms with E-state index in [0.29, 0.717) is 29.0 Å². The molecule has 6 nitrogen and oxygen atoms in total. The lowest BCUT2D eigenvalue weighted by Crippen LogP contribution is -2.05. The van der Waals surface area contributed by atoms with E-state index in [1.807, 2.05) is 121 Å². The first-order chi connectivity index (χ1) is 30.6. The maximum atomic E-state index is 5.21. The van der Waals surface area contributed by atoms with Crippen molar-refractivity contribution < 1.29 is 0 Å². The Morgan fingerprint density at radius 2 is 0.968 bits per heavy atom. The van der Waals surface area contributed by atoms with Gasteiger partial charge in [-0.1, -0.05) is 176 Å². The number of aromatic nitrogens is 4. The monoisotopic (exact) mass is 794 g/mol. The second-order valence-electron chi connectivity index (χ2n) is 15.4. The molecule has 1 aliphatic rings. The second kappa shape index (κ2) is 15.4. The van der Waals surface area contributed by atoms with Crippen LogP contribution in [0.1, 0.15) is 23.6 Å². The van der Waals surface area contributed by atoms with Crippen molar-refractivity contribution in [2.24, 2.45) is 9.98 Å². The summed E-state index contributed by atoms with van der Waals surface area (Å²) in [5, 5.41) is 2.28.